The van der Waals surface area contributed by atoms with Crippen LogP contribution in [0.25, 0.3) is 0 Å². The quantitative estimate of drug-likeness (QED) is 0.704. The molecule has 1 aromatic carbocycles. The van der Waals surface area contributed by atoms with Gasteiger partial charge in [0, 0.05) is 17.1 Å². The van der Waals surface area contributed by atoms with Crippen LogP contribution >= 0.6 is 44.3 Å². The van der Waals surface area contributed by atoms with Crippen LogP contribution < -0.4 is 10.5 Å². The number of aliphatic hydroxyl groups is 1. The number of aliphatic hydroxyl groups excluding tert-OH is 1. The number of nitrogens with two attached hydrogens (primary N) is 1. The summed E-state index contributed by atoms with van der Waals surface area (Å²) in [6.45, 7) is 0.113. The second kappa shape index (κ2) is 8.22. The zero-order chi connectivity index (χ0) is 13.0. The van der Waals surface area contributed by atoms with Crippen molar-refractivity contribution >= 4 is 44.3 Å². The fourth-order valence-electron chi connectivity index (χ4n) is 1.50. The minimum atomic E-state index is -0.220. The molecule has 1 atom stereocenters. The highest BCUT2D eigenvalue weighted by atomic mass is 79.9. The van der Waals surface area contributed by atoms with Crippen molar-refractivity contribution in [2.75, 3.05) is 13.7 Å². The standard InChI is InChI=1S/C11H15Br2NO3.ClH/c1-17-8-5-6(7(14)3-2-4-15)9(12)10(13)11(8)16;/h5,7,15-16H,2-4,14H2,1H3;1H/t7-;/m0./s1. The molecular formula is C11H16Br2ClNO3. The summed E-state index contributed by atoms with van der Waals surface area (Å²) in [5.74, 6) is 0.409. The van der Waals surface area contributed by atoms with Crippen LogP contribution in [0.3, 0.4) is 0 Å². The van der Waals surface area contributed by atoms with E-state index in [0.717, 1.165) is 5.56 Å². The Kier molecular flexibility index (Phi) is 8.21. The summed E-state index contributed by atoms with van der Waals surface area (Å²) in [6, 6.07) is 1.48. The number of halogens is 3. The first kappa shape index (κ1) is 18.0. The molecule has 0 unspecified atom stereocenters. The van der Waals surface area contributed by atoms with E-state index in [9.17, 15) is 5.11 Å². The average molecular weight is 406 g/mol. The van der Waals surface area contributed by atoms with Gasteiger partial charge < -0.3 is 20.7 Å². The Morgan fingerprint density at radius 2 is 2.00 bits per heavy atom. The van der Waals surface area contributed by atoms with Crippen LogP contribution in [0.15, 0.2) is 15.0 Å². The molecule has 0 bridgehead atoms. The van der Waals surface area contributed by atoms with Gasteiger partial charge in [-0.2, -0.15) is 0 Å². The third-order valence-corrected chi connectivity index (χ3v) is 4.63. The molecule has 0 amide bonds. The third kappa shape index (κ3) is 3.99. The third-order valence-electron chi connectivity index (χ3n) is 2.47. The highest BCUT2D eigenvalue weighted by Crippen LogP contribution is 2.43. The van der Waals surface area contributed by atoms with Gasteiger partial charge in [0.05, 0.1) is 11.6 Å². The van der Waals surface area contributed by atoms with Gasteiger partial charge in [-0.1, -0.05) is 0 Å². The number of ether oxygens (including phenoxy) is 1. The second-order valence-corrected chi connectivity index (χ2v) is 5.20. The molecule has 0 saturated heterocycles. The van der Waals surface area contributed by atoms with Crippen LogP contribution in [0.5, 0.6) is 11.5 Å². The molecule has 0 spiro atoms. The zero-order valence-electron chi connectivity index (χ0n) is 9.82. The van der Waals surface area contributed by atoms with E-state index in [1.165, 1.54) is 7.11 Å². The monoisotopic (exact) mass is 403 g/mol. The summed E-state index contributed by atoms with van der Waals surface area (Å²) in [7, 11) is 1.48. The Morgan fingerprint density at radius 3 is 2.50 bits per heavy atom. The Morgan fingerprint density at radius 1 is 1.39 bits per heavy atom. The van der Waals surface area contributed by atoms with Gasteiger partial charge in [-0.25, -0.2) is 0 Å². The Hall–Kier alpha value is -0.0100. The van der Waals surface area contributed by atoms with Gasteiger partial charge >= 0.3 is 0 Å². The molecule has 18 heavy (non-hydrogen) atoms. The SMILES string of the molecule is COc1cc([C@@H](N)CCCO)c(Br)c(Br)c1O.Cl. The molecule has 1 aromatic rings. The normalized spacial score (nSPS) is 11.8. The summed E-state index contributed by atoms with van der Waals surface area (Å²) < 4.78 is 6.30. The maximum absolute atomic E-state index is 9.78. The zero-order valence-corrected chi connectivity index (χ0v) is 13.8. The molecule has 0 radical (unpaired) electrons. The second-order valence-electron chi connectivity index (χ2n) is 3.62. The van der Waals surface area contributed by atoms with E-state index in [2.05, 4.69) is 31.9 Å². The lowest BCUT2D eigenvalue weighted by Crippen LogP contribution is -2.12. The van der Waals surface area contributed by atoms with Crippen molar-refractivity contribution in [3.63, 3.8) is 0 Å². The lowest BCUT2D eigenvalue weighted by molar-refractivity contribution is 0.279. The molecule has 0 aromatic heterocycles. The number of hydrogen-bond acceptors (Lipinski definition) is 4. The van der Waals surface area contributed by atoms with E-state index in [1.54, 1.807) is 6.07 Å². The van der Waals surface area contributed by atoms with Crippen molar-refractivity contribution in [1.29, 1.82) is 0 Å². The highest BCUT2D eigenvalue weighted by molar-refractivity contribution is 9.13. The highest BCUT2D eigenvalue weighted by Gasteiger charge is 2.18. The number of benzene rings is 1. The van der Waals surface area contributed by atoms with Crippen LogP contribution in [0.1, 0.15) is 24.4 Å². The van der Waals surface area contributed by atoms with E-state index in [1.807, 2.05) is 0 Å². The molecule has 104 valence electrons. The molecule has 1 rings (SSSR count). The predicted octanol–water partition coefficient (Wildman–Crippen LogP) is 3.12. The Balaban J connectivity index is 0.00000289. The fourth-order valence-corrected chi connectivity index (χ4v) is 2.52. The van der Waals surface area contributed by atoms with Crippen LogP contribution in [0, 0.1) is 0 Å². The van der Waals surface area contributed by atoms with Crippen molar-refractivity contribution in [3.8, 4) is 11.5 Å². The van der Waals surface area contributed by atoms with Crippen molar-refractivity contribution in [3.05, 3.63) is 20.6 Å². The van der Waals surface area contributed by atoms with Crippen LogP contribution in [0.2, 0.25) is 0 Å². The first-order chi connectivity index (χ1) is 8.02. The predicted molar refractivity (Wildman–Crippen MR) is 80.6 cm³/mol. The minimum Gasteiger partial charge on any atom is -0.503 e. The fraction of sp³-hybridized carbons (Fsp3) is 0.455. The van der Waals surface area contributed by atoms with E-state index in [4.69, 9.17) is 15.6 Å². The summed E-state index contributed by atoms with van der Waals surface area (Å²) in [5, 5.41) is 18.6. The number of phenols is 1. The first-order valence-electron chi connectivity index (χ1n) is 5.14. The largest absolute Gasteiger partial charge is 0.503 e. The van der Waals surface area contributed by atoms with Gasteiger partial charge in [0.15, 0.2) is 11.5 Å². The topological polar surface area (TPSA) is 75.7 Å². The van der Waals surface area contributed by atoms with Gasteiger partial charge in [0.1, 0.15) is 0 Å². The molecule has 0 aliphatic heterocycles. The summed E-state index contributed by atoms with van der Waals surface area (Å²) in [5.41, 5.74) is 6.86. The maximum Gasteiger partial charge on any atom is 0.173 e. The lowest BCUT2D eigenvalue weighted by atomic mass is 10.0. The van der Waals surface area contributed by atoms with Crippen LogP contribution in [-0.2, 0) is 0 Å². The molecule has 0 heterocycles. The van der Waals surface area contributed by atoms with E-state index < -0.39 is 0 Å². The summed E-state index contributed by atoms with van der Waals surface area (Å²) >= 11 is 6.66. The first-order valence-corrected chi connectivity index (χ1v) is 6.72. The van der Waals surface area contributed by atoms with Crippen LogP contribution in [-0.4, -0.2) is 23.9 Å². The number of rotatable bonds is 5. The molecule has 4 N–H and O–H groups in total. The molecular weight excluding hydrogens is 389 g/mol. The maximum atomic E-state index is 9.78. The van der Waals surface area contributed by atoms with Crippen molar-refractivity contribution in [2.24, 2.45) is 5.73 Å². The van der Waals surface area contributed by atoms with Crippen LogP contribution in [0.4, 0.5) is 0 Å². The molecule has 0 saturated carbocycles. The molecule has 7 heteroatoms. The minimum absolute atomic E-state index is 0. The number of hydrogen-bond donors (Lipinski definition) is 3. The Bertz CT molecular complexity index is 404. The van der Waals surface area contributed by atoms with Gasteiger partial charge in [0.2, 0.25) is 0 Å². The number of aromatic hydroxyl groups is 1. The molecule has 0 fully saturated rings. The summed E-state index contributed by atoms with van der Waals surface area (Å²) in [6.07, 6.45) is 1.30. The molecule has 0 aliphatic rings. The van der Waals surface area contributed by atoms with Gasteiger partial charge in [-0.3, -0.25) is 0 Å². The van der Waals surface area contributed by atoms with Crippen molar-refractivity contribution in [1.82, 2.24) is 0 Å². The summed E-state index contributed by atoms with van der Waals surface area (Å²) in [4.78, 5) is 0. The van der Waals surface area contributed by atoms with Gasteiger partial charge in [-0.15, -0.1) is 12.4 Å². The molecule has 4 nitrogen and oxygen atoms in total. The van der Waals surface area contributed by atoms with Gasteiger partial charge in [0.25, 0.3) is 0 Å². The molecule has 0 aliphatic carbocycles. The average Bonchev–Trinajstić information content (AvgIpc) is 2.33. The van der Waals surface area contributed by atoms with Crippen molar-refractivity contribution < 1.29 is 14.9 Å². The van der Waals surface area contributed by atoms with E-state index in [0.29, 0.717) is 27.5 Å². The number of phenolic OH excluding ortho intramolecular Hbond substituents is 1. The number of methoxy groups -OCH3 is 1. The van der Waals surface area contributed by atoms with E-state index in [-0.39, 0.29) is 30.8 Å². The van der Waals surface area contributed by atoms with E-state index >= 15 is 0 Å². The smallest absolute Gasteiger partial charge is 0.173 e. The lowest BCUT2D eigenvalue weighted by Gasteiger charge is -2.17. The Labute approximate surface area is 129 Å². The van der Waals surface area contributed by atoms with Crippen molar-refractivity contribution in [2.45, 2.75) is 18.9 Å². The van der Waals surface area contributed by atoms with Gasteiger partial charge in [-0.05, 0) is 56.3 Å².